The zero-order valence-electron chi connectivity index (χ0n) is 10.5. The van der Waals surface area contributed by atoms with Crippen molar-refractivity contribution in [2.24, 2.45) is 23.5 Å². The minimum absolute atomic E-state index is 0.0260. The summed E-state index contributed by atoms with van der Waals surface area (Å²) in [7, 11) is 0. The number of nitrogens with zero attached hydrogens (tertiary/aromatic N) is 1. The Bertz CT molecular complexity index is 259. The van der Waals surface area contributed by atoms with E-state index >= 15 is 0 Å². The van der Waals surface area contributed by atoms with E-state index in [9.17, 15) is 4.79 Å². The Hall–Kier alpha value is -0.570. The van der Waals surface area contributed by atoms with Crippen LogP contribution in [0.1, 0.15) is 39.5 Å². The molecule has 0 spiro atoms. The van der Waals surface area contributed by atoms with Crippen molar-refractivity contribution in [2.45, 2.75) is 45.6 Å². The monoisotopic (exact) mass is 224 g/mol. The molecular formula is C13H24N2O. The Balaban J connectivity index is 1.76. The van der Waals surface area contributed by atoms with E-state index in [2.05, 4.69) is 18.7 Å². The van der Waals surface area contributed by atoms with Gasteiger partial charge in [0, 0.05) is 6.54 Å². The molecule has 1 aliphatic carbocycles. The van der Waals surface area contributed by atoms with Crippen LogP contribution in [0.2, 0.25) is 0 Å². The molecule has 16 heavy (non-hydrogen) atoms. The van der Waals surface area contributed by atoms with E-state index in [0.717, 1.165) is 43.7 Å². The molecule has 2 fully saturated rings. The number of carbonyl (C=O) groups is 1. The lowest BCUT2D eigenvalue weighted by atomic mass is 9.69. The van der Waals surface area contributed by atoms with E-state index in [1.165, 1.54) is 12.8 Å². The highest BCUT2D eigenvalue weighted by molar-refractivity contribution is 5.80. The second-order valence-corrected chi connectivity index (χ2v) is 5.90. The maximum Gasteiger partial charge on any atom is 0.234 e. The van der Waals surface area contributed by atoms with Gasteiger partial charge in [0.05, 0.1) is 6.04 Å². The zero-order chi connectivity index (χ0) is 11.7. The largest absolute Gasteiger partial charge is 0.368 e. The summed E-state index contributed by atoms with van der Waals surface area (Å²) in [6.45, 7) is 6.78. The van der Waals surface area contributed by atoms with Crippen LogP contribution in [-0.4, -0.2) is 29.9 Å². The Labute approximate surface area is 98.4 Å². The number of hydrogen-bond donors (Lipinski definition) is 1. The highest BCUT2D eigenvalue weighted by Gasteiger charge is 2.36. The molecule has 2 aliphatic rings. The zero-order valence-corrected chi connectivity index (χ0v) is 10.5. The standard InChI is InChI=1S/C13H24N2O/c1-9(2)11-6-10(7-11)8-15-5-3-4-12(15)13(14)16/h9-12H,3-8H2,1-2H3,(H2,14,16)/t10-,11+,12-/m1/s1. The average molecular weight is 224 g/mol. The molecule has 2 rings (SSSR count). The molecule has 3 heteroatoms. The normalized spacial score (nSPS) is 35.3. The average Bonchev–Trinajstić information content (AvgIpc) is 2.57. The van der Waals surface area contributed by atoms with Gasteiger partial charge in [0.1, 0.15) is 0 Å². The van der Waals surface area contributed by atoms with E-state index in [1.54, 1.807) is 0 Å². The summed E-state index contributed by atoms with van der Waals surface area (Å²) in [5.74, 6) is 2.42. The number of likely N-dealkylation sites (tertiary alicyclic amines) is 1. The van der Waals surface area contributed by atoms with Crippen molar-refractivity contribution in [3.8, 4) is 0 Å². The van der Waals surface area contributed by atoms with Crippen LogP contribution in [0.25, 0.3) is 0 Å². The highest BCUT2D eigenvalue weighted by atomic mass is 16.1. The Morgan fingerprint density at radius 2 is 2.12 bits per heavy atom. The third kappa shape index (κ3) is 2.40. The summed E-state index contributed by atoms with van der Waals surface area (Å²) in [5, 5.41) is 0. The fraction of sp³-hybridized carbons (Fsp3) is 0.923. The molecule has 92 valence electrons. The maximum atomic E-state index is 11.3. The molecule has 1 aliphatic heterocycles. The predicted molar refractivity (Wildman–Crippen MR) is 64.8 cm³/mol. The fourth-order valence-electron chi connectivity index (χ4n) is 3.18. The van der Waals surface area contributed by atoms with Gasteiger partial charge in [0.15, 0.2) is 0 Å². The Morgan fingerprint density at radius 1 is 1.44 bits per heavy atom. The summed E-state index contributed by atoms with van der Waals surface area (Å²) < 4.78 is 0. The molecule has 1 saturated carbocycles. The molecule has 0 aromatic rings. The molecule has 0 aromatic heterocycles. The second-order valence-electron chi connectivity index (χ2n) is 5.90. The van der Waals surface area contributed by atoms with Crippen molar-refractivity contribution in [1.82, 2.24) is 4.90 Å². The molecule has 0 unspecified atom stereocenters. The van der Waals surface area contributed by atoms with Crippen molar-refractivity contribution in [3.63, 3.8) is 0 Å². The van der Waals surface area contributed by atoms with Gasteiger partial charge in [-0.25, -0.2) is 0 Å². The van der Waals surface area contributed by atoms with Crippen LogP contribution in [0.15, 0.2) is 0 Å². The first-order valence-corrected chi connectivity index (χ1v) is 6.61. The van der Waals surface area contributed by atoms with E-state index in [1.807, 2.05) is 0 Å². The molecule has 2 N–H and O–H groups in total. The number of carbonyl (C=O) groups excluding carboxylic acids is 1. The SMILES string of the molecule is CC(C)[C@H]1C[C@@H](CN2CCC[C@@H]2C(N)=O)C1. The van der Waals surface area contributed by atoms with Crippen LogP contribution >= 0.6 is 0 Å². The lowest BCUT2D eigenvalue weighted by Crippen LogP contribution is -2.45. The van der Waals surface area contributed by atoms with Gasteiger partial charge in [0.25, 0.3) is 0 Å². The molecule has 0 bridgehead atoms. The van der Waals surface area contributed by atoms with Crippen molar-refractivity contribution in [2.75, 3.05) is 13.1 Å². The van der Waals surface area contributed by atoms with Gasteiger partial charge in [-0.2, -0.15) is 0 Å². The van der Waals surface area contributed by atoms with Crippen LogP contribution in [0.3, 0.4) is 0 Å². The third-order valence-corrected chi connectivity index (χ3v) is 4.40. The fourth-order valence-corrected chi connectivity index (χ4v) is 3.18. The molecule has 1 saturated heterocycles. The first-order valence-electron chi connectivity index (χ1n) is 6.61. The molecule has 1 atom stereocenters. The summed E-state index contributed by atoms with van der Waals surface area (Å²) >= 11 is 0. The van der Waals surface area contributed by atoms with Gasteiger partial charge in [-0.05, 0) is 50.0 Å². The summed E-state index contributed by atoms with van der Waals surface area (Å²) in [6, 6.07) is 0.0260. The Morgan fingerprint density at radius 3 is 2.69 bits per heavy atom. The molecular weight excluding hydrogens is 200 g/mol. The third-order valence-electron chi connectivity index (χ3n) is 4.40. The van der Waals surface area contributed by atoms with Gasteiger partial charge >= 0.3 is 0 Å². The van der Waals surface area contributed by atoms with E-state index in [4.69, 9.17) is 5.73 Å². The number of amides is 1. The van der Waals surface area contributed by atoms with Crippen LogP contribution in [0.4, 0.5) is 0 Å². The van der Waals surface area contributed by atoms with Gasteiger partial charge in [-0.3, -0.25) is 9.69 Å². The van der Waals surface area contributed by atoms with Crippen LogP contribution in [-0.2, 0) is 4.79 Å². The summed E-state index contributed by atoms with van der Waals surface area (Å²) in [6.07, 6.45) is 4.79. The lowest BCUT2D eigenvalue weighted by Gasteiger charge is -2.40. The number of hydrogen-bond acceptors (Lipinski definition) is 2. The number of rotatable bonds is 4. The number of nitrogens with two attached hydrogens (primary N) is 1. The Kier molecular flexibility index (Phi) is 3.53. The highest BCUT2D eigenvalue weighted by Crippen LogP contribution is 2.39. The molecule has 0 radical (unpaired) electrons. The van der Waals surface area contributed by atoms with Crippen LogP contribution in [0, 0.1) is 17.8 Å². The molecule has 3 nitrogen and oxygen atoms in total. The van der Waals surface area contributed by atoms with Crippen molar-refractivity contribution < 1.29 is 4.79 Å². The van der Waals surface area contributed by atoms with Crippen molar-refractivity contribution in [1.29, 1.82) is 0 Å². The van der Waals surface area contributed by atoms with Gasteiger partial charge in [-0.15, -0.1) is 0 Å². The number of primary amides is 1. The second kappa shape index (κ2) is 4.74. The van der Waals surface area contributed by atoms with Gasteiger partial charge < -0.3 is 5.73 Å². The smallest absolute Gasteiger partial charge is 0.234 e. The van der Waals surface area contributed by atoms with Gasteiger partial charge in [0.2, 0.25) is 5.91 Å². The first-order chi connectivity index (χ1) is 7.58. The minimum Gasteiger partial charge on any atom is -0.368 e. The van der Waals surface area contributed by atoms with E-state index in [0.29, 0.717) is 0 Å². The minimum atomic E-state index is -0.128. The van der Waals surface area contributed by atoms with E-state index < -0.39 is 0 Å². The quantitative estimate of drug-likeness (QED) is 0.788. The van der Waals surface area contributed by atoms with Gasteiger partial charge in [-0.1, -0.05) is 13.8 Å². The van der Waals surface area contributed by atoms with Crippen molar-refractivity contribution in [3.05, 3.63) is 0 Å². The molecule has 1 amide bonds. The van der Waals surface area contributed by atoms with Crippen LogP contribution < -0.4 is 5.73 Å². The summed E-state index contributed by atoms with van der Waals surface area (Å²) in [4.78, 5) is 13.6. The van der Waals surface area contributed by atoms with Crippen LogP contribution in [0.5, 0.6) is 0 Å². The van der Waals surface area contributed by atoms with Crippen molar-refractivity contribution >= 4 is 5.91 Å². The summed E-state index contributed by atoms with van der Waals surface area (Å²) in [5.41, 5.74) is 5.42. The topological polar surface area (TPSA) is 46.3 Å². The predicted octanol–water partition coefficient (Wildman–Crippen LogP) is 1.62. The molecule has 0 aromatic carbocycles. The molecule has 1 heterocycles. The first kappa shape index (κ1) is 11.9. The maximum absolute atomic E-state index is 11.3. The van der Waals surface area contributed by atoms with E-state index in [-0.39, 0.29) is 11.9 Å². The lowest BCUT2D eigenvalue weighted by molar-refractivity contribution is -0.122.